The van der Waals surface area contributed by atoms with Gasteiger partial charge in [0, 0.05) is 0 Å². The number of carbonyl (C=O) groups excluding carboxylic acids is 1. The number of ether oxygens (including phenoxy) is 3. The van der Waals surface area contributed by atoms with Crippen molar-refractivity contribution in [2.24, 2.45) is 0 Å². The highest BCUT2D eigenvalue weighted by atomic mass is 16.5. The molecule has 0 saturated carbocycles. The fourth-order valence-corrected chi connectivity index (χ4v) is 2.31. The first-order valence-electron chi connectivity index (χ1n) is 7.18. The highest BCUT2D eigenvalue weighted by Crippen LogP contribution is 2.39. The smallest absolute Gasteiger partial charge is 0.255 e. The van der Waals surface area contributed by atoms with Crippen LogP contribution in [0.25, 0.3) is 0 Å². The molecule has 1 aromatic heterocycles. The molecule has 0 radical (unpaired) electrons. The van der Waals surface area contributed by atoms with Crippen LogP contribution in [0.2, 0.25) is 0 Å². The predicted molar refractivity (Wildman–Crippen MR) is 85.4 cm³/mol. The lowest BCUT2D eigenvalue weighted by Gasteiger charge is -2.17. The van der Waals surface area contributed by atoms with Gasteiger partial charge in [-0.25, -0.2) is 0 Å². The summed E-state index contributed by atoms with van der Waals surface area (Å²) in [5.74, 6) is 2.40. The topological polar surface area (TPSA) is 69.9 Å². The lowest BCUT2D eigenvalue weighted by molar-refractivity contribution is 0.0931. The van der Waals surface area contributed by atoms with Crippen LogP contribution in [0, 0.1) is 6.92 Å². The van der Waals surface area contributed by atoms with Gasteiger partial charge in [0.05, 0.1) is 32.9 Å². The molecule has 0 bridgehead atoms. The molecule has 6 nitrogen and oxygen atoms in total. The van der Waals surface area contributed by atoms with Gasteiger partial charge in [0.2, 0.25) is 5.75 Å². The van der Waals surface area contributed by atoms with Gasteiger partial charge in [-0.3, -0.25) is 4.79 Å². The summed E-state index contributed by atoms with van der Waals surface area (Å²) < 4.78 is 21.4. The van der Waals surface area contributed by atoms with Crippen LogP contribution in [-0.4, -0.2) is 27.2 Å². The van der Waals surface area contributed by atoms with E-state index >= 15 is 0 Å². The van der Waals surface area contributed by atoms with Crippen LogP contribution in [0.4, 0.5) is 0 Å². The minimum atomic E-state index is -0.288. The average molecular weight is 319 g/mol. The van der Waals surface area contributed by atoms with Crippen molar-refractivity contribution in [1.82, 2.24) is 5.32 Å². The average Bonchev–Trinajstić information content (AvgIpc) is 2.99. The van der Waals surface area contributed by atoms with E-state index < -0.39 is 0 Å². The Kier molecular flexibility index (Phi) is 5.16. The van der Waals surface area contributed by atoms with Crippen LogP contribution in [-0.2, 0) is 0 Å². The standard InChI is InChI=1S/C17H21NO5/c1-10-6-8-13(23-10)11(2)18-17(19)12-7-9-14(20-3)16(22-5)15(12)21-4/h6-9,11H,1-5H3,(H,18,19). The number of amides is 1. The number of furan rings is 1. The number of hydrogen-bond acceptors (Lipinski definition) is 5. The number of benzene rings is 1. The Morgan fingerprint density at radius 1 is 1.04 bits per heavy atom. The third-order valence-electron chi connectivity index (χ3n) is 3.48. The maximum Gasteiger partial charge on any atom is 0.255 e. The molecule has 0 fully saturated rings. The highest BCUT2D eigenvalue weighted by Gasteiger charge is 2.22. The molecular formula is C17H21NO5. The zero-order chi connectivity index (χ0) is 17.0. The van der Waals surface area contributed by atoms with Gasteiger partial charge in [0.25, 0.3) is 5.91 Å². The van der Waals surface area contributed by atoms with E-state index in [9.17, 15) is 4.79 Å². The summed E-state index contributed by atoms with van der Waals surface area (Å²) in [7, 11) is 4.50. The first-order chi connectivity index (χ1) is 11.0. The first kappa shape index (κ1) is 16.7. The molecule has 1 unspecified atom stereocenters. The van der Waals surface area contributed by atoms with E-state index in [1.54, 1.807) is 12.1 Å². The van der Waals surface area contributed by atoms with Gasteiger partial charge in [0.1, 0.15) is 11.5 Å². The van der Waals surface area contributed by atoms with Crippen LogP contribution >= 0.6 is 0 Å². The largest absolute Gasteiger partial charge is 0.493 e. The Balaban J connectivity index is 2.28. The Hall–Kier alpha value is -2.63. The van der Waals surface area contributed by atoms with Crippen molar-refractivity contribution >= 4 is 5.91 Å². The fraction of sp³-hybridized carbons (Fsp3) is 0.353. The monoisotopic (exact) mass is 319 g/mol. The summed E-state index contributed by atoms with van der Waals surface area (Å²) in [6.45, 7) is 3.71. The zero-order valence-corrected chi connectivity index (χ0v) is 13.9. The number of methoxy groups -OCH3 is 3. The number of nitrogens with one attached hydrogen (secondary N) is 1. The Morgan fingerprint density at radius 3 is 2.26 bits per heavy atom. The molecular weight excluding hydrogens is 298 g/mol. The molecule has 1 heterocycles. The van der Waals surface area contributed by atoms with Crippen LogP contribution in [0.1, 0.15) is 34.8 Å². The lowest BCUT2D eigenvalue weighted by atomic mass is 10.1. The normalized spacial score (nSPS) is 11.7. The Morgan fingerprint density at radius 2 is 1.74 bits per heavy atom. The number of hydrogen-bond donors (Lipinski definition) is 1. The summed E-state index contributed by atoms with van der Waals surface area (Å²) in [6.07, 6.45) is 0. The molecule has 0 aliphatic rings. The van der Waals surface area contributed by atoms with Crippen LogP contribution < -0.4 is 19.5 Å². The molecule has 1 N–H and O–H groups in total. The predicted octanol–water partition coefficient (Wildman–Crippen LogP) is 3.10. The van der Waals surface area contributed by atoms with Crippen molar-refractivity contribution in [2.75, 3.05) is 21.3 Å². The molecule has 124 valence electrons. The number of carbonyl (C=O) groups is 1. The van der Waals surface area contributed by atoms with Crippen LogP contribution in [0.15, 0.2) is 28.7 Å². The maximum absolute atomic E-state index is 12.6. The third-order valence-corrected chi connectivity index (χ3v) is 3.48. The van der Waals surface area contributed by atoms with Crippen molar-refractivity contribution in [3.63, 3.8) is 0 Å². The molecule has 0 saturated heterocycles. The third kappa shape index (κ3) is 3.41. The molecule has 0 aliphatic carbocycles. The van der Waals surface area contributed by atoms with Crippen molar-refractivity contribution in [1.29, 1.82) is 0 Å². The van der Waals surface area contributed by atoms with E-state index in [1.165, 1.54) is 21.3 Å². The fourth-order valence-electron chi connectivity index (χ4n) is 2.31. The van der Waals surface area contributed by atoms with Gasteiger partial charge in [-0.2, -0.15) is 0 Å². The van der Waals surface area contributed by atoms with E-state index in [1.807, 2.05) is 26.0 Å². The second-order valence-corrected chi connectivity index (χ2v) is 5.03. The molecule has 0 spiro atoms. The van der Waals surface area contributed by atoms with E-state index in [2.05, 4.69) is 5.32 Å². The molecule has 1 aromatic carbocycles. The molecule has 1 amide bonds. The summed E-state index contributed by atoms with van der Waals surface area (Å²) in [4.78, 5) is 12.6. The van der Waals surface area contributed by atoms with Gasteiger partial charge in [-0.05, 0) is 38.1 Å². The number of rotatable bonds is 6. The van der Waals surface area contributed by atoms with Crippen molar-refractivity contribution in [2.45, 2.75) is 19.9 Å². The van der Waals surface area contributed by atoms with Gasteiger partial charge in [-0.15, -0.1) is 0 Å². The minimum absolute atomic E-state index is 0.269. The van der Waals surface area contributed by atoms with Gasteiger partial charge < -0.3 is 23.9 Å². The quantitative estimate of drug-likeness (QED) is 0.886. The Labute approximate surface area is 135 Å². The SMILES string of the molecule is COc1ccc(C(=O)NC(C)c2ccc(C)o2)c(OC)c1OC. The molecule has 6 heteroatoms. The van der Waals surface area contributed by atoms with E-state index in [0.29, 0.717) is 28.6 Å². The summed E-state index contributed by atoms with van der Waals surface area (Å²) in [6, 6.07) is 6.73. The first-order valence-corrected chi connectivity index (χ1v) is 7.18. The summed E-state index contributed by atoms with van der Waals surface area (Å²) in [5.41, 5.74) is 0.361. The van der Waals surface area contributed by atoms with Crippen molar-refractivity contribution in [3.05, 3.63) is 41.3 Å². The summed E-state index contributed by atoms with van der Waals surface area (Å²) >= 11 is 0. The van der Waals surface area contributed by atoms with Crippen molar-refractivity contribution < 1.29 is 23.4 Å². The van der Waals surface area contributed by atoms with E-state index in [-0.39, 0.29) is 11.9 Å². The van der Waals surface area contributed by atoms with E-state index in [4.69, 9.17) is 18.6 Å². The zero-order valence-electron chi connectivity index (χ0n) is 13.9. The van der Waals surface area contributed by atoms with Gasteiger partial charge in [0.15, 0.2) is 11.5 Å². The summed E-state index contributed by atoms with van der Waals surface area (Å²) in [5, 5.41) is 2.88. The van der Waals surface area contributed by atoms with Gasteiger partial charge in [-0.1, -0.05) is 0 Å². The number of aryl methyl sites for hydroxylation is 1. The molecule has 23 heavy (non-hydrogen) atoms. The molecule has 2 rings (SSSR count). The maximum atomic E-state index is 12.6. The molecule has 1 atom stereocenters. The molecule has 2 aromatic rings. The second kappa shape index (κ2) is 7.09. The minimum Gasteiger partial charge on any atom is -0.493 e. The van der Waals surface area contributed by atoms with E-state index in [0.717, 1.165) is 5.76 Å². The van der Waals surface area contributed by atoms with Gasteiger partial charge >= 0.3 is 0 Å². The Bertz CT molecular complexity index is 692. The van der Waals surface area contributed by atoms with Crippen LogP contribution in [0.3, 0.4) is 0 Å². The molecule has 0 aliphatic heterocycles. The van der Waals surface area contributed by atoms with Crippen LogP contribution in [0.5, 0.6) is 17.2 Å². The lowest BCUT2D eigenvalue weighted by Crippen LogP contribution is -2.27. The highest BCUT2D eigenvalue weighted by molar-refractivity contribution is 5.98. The van der Waals surface area contributed by atoms with Crippen molar-refractivity contribution in [3.8, 4) is 17.2 Å². The second-order valence-electron chi connectivity index (χ2n) is 5.03.